The SMILES string of the molecule is CCCOc1ccccc1CCNC(=O)CC1C(=O)N(C)C(=O)N1C. The first-order valence-electron chi connectivity index (χ1n) is 8.47. The summed E-state index contributed by atoms with van der Waals surface area (Å²) in [7, 11) is 2.95. The number of hydrogen-bond acceptors (Lipinski definition) is 4. The van der Waals surface area contributed by atoms with Gasteiger partial charge >= 0.3 is 6.03 Å². The number of likely N-dealkylation sites (N-methyl/N-ethyl adjacent to an activating group) is 2. The van der Waals surface area contributed by atoms with Gasteiger partial charge in [-0.2, -0.15) is 0 Å². The highest BCUT2D eigenvalue weighted by molar-refractivity contribution is 6.05. The molecule has 2 rings (SSSR count). The van der Waals surface area contributed by atoms with Crippen LogP contribution in [0.4, 0.5) is 4.79 Å². The molecule has 0 radical (unpaired) electrons. The minimum atomic E-state index is -0.724. The molecule has 1 aromatic carbocycles. The number of para-hydroxylation sites is 1. The van der Waals surface area contributed by atoms with Gasteiger partial charge in [0.1, 0.15) is 11.8 Å². The van der Waals surface area contributed by atoms with Crippen LogP contribution in [0.3, 0.4) is 0 Å². The van der Waals surface area contributed by atoms with Gasteiger partial charge in [0.15, 0.2) is 0 Å². The summed E-state index contributed by atoms with van der Waals surface area (Å²) in [6.45, 7) is 3.15. The van der Waals surface area contributed by atoms with Crippen molar-refractivity contribution >= 4 is 17.8 Å². The Hall–Kier alpha value is -2.57. The third-order valence-corrected chi connectivity index (χ3v) is 4.20. The van der Waals surface area contributed by atoms with E-state index in [-0.39, 0.29) is 24.3 Å². The second-order valence-corrected chi connectivity index (χ2v) is 6.07. The number of nitrogens with zero attached hydrogens (tertiary/aromatic N) is 2. The highest BCUT2D eigenvalue weighted by Gasteiger charge is 2.41. The average molecular weight is 347 g/mol. The molecule has 0 saturated carbocycles. The molecule has 0 aliphatic carbocycles. The highest BCUT2D eigenvalue weighted by Crippen LogP contribution is 2.19. The number of carbonyl (C=O) groups excluding carboxylic acids is 3. The summed E-state index contributed by atoms with van der Waals surface area (Å²) in [4.78, 5) is 38.1. The lowest BCUT2D eigenvalue weighted by atomic mass is 10.1. The third kappa shape index (κ3) is 4.49. The Kier molecular flexibility index (Phi) is 6.38. The summed E-state index contributed by atoms with van der Waals surface area (Å²) in [6, 6.07) is 6.63. The minimum Gasteiger partial charge on any atom is -0.493 e. The first-order chi connectivity index (χ1) is 12.0. The maximum atomic E-state index is 12.1. The van der Waals surface area contributed by atoms with Crippen molar-refractivity contribution in [3.05, 3.63) is 29.8 Å². The Balaban J connectivity index is 1.83. The molecule has 1 fully saturated rings. The van der Waals surface area contributed by atoms with E-state index in [4.69, 9.17) is 4.74 Å². The van der Waals surface area contributed by atoms with E-state index in [1.54, 1.807) is 0 Å². The lowest BCUT2D eigenvalue weighted by Gasteiger charge is -2.16. The van der Waals surface area contributed by atoms with Crippen LogP contribution in [0.1, 0.15) is 25.3 Å². The summed E-state index contributed by atoms with van der Waals surface area (Å²) < 4.78 is 5.70. The molecule has 1 aromatic rings. The van der Waals surface area contributed by atoms with Crippen molar-refractivity contribution in [2.75, 3.05) is 27.2 Å². The smallest absolute Gasteiger partial charge is 0.326 e. The van der Waals surface area contributed by atoms with E-state index in [2.05, 4.69) is 5.32 Å². The van der Waals surface area contributed by atoms with Gasteiger partial charge in [-0.25, -0.2) is 4.79 Å². The van der Waals surface area contributed by atoms with Gasteiger partial charge in [0, 0.05) is 20.6 Å². The molecule has 25 heavy (non-hydrogen) atoms. The largest absolute Gasteiger partial charge is 0.493 e. The number of urea groups is 1. The average Bonchev–Trinajstić information content (AvgIpc) is 2.79. The zero-order valence-electron chi connectivity index (χ0n) is 14.9. The molecule has 7 nitrogen and oxygen atoms in total. The van der Waals surface area contributed by atoms with Crippen LogP contribution in [0.15, 0.2) is 24.3 Å². The fourth-order valence-electron chi connectivity index (χ4n) is 2.73. The van der Waals surface area contributed by atoms with Gasteiger partial charge in [-0.1, -0.05) is 25.1 Å². The number of imide groups is 1. The molecule has 0 aromatic heterocycles. The molecule has 1 atom stereocenters. The normalized spacial score (nSPS) is 17.2. The Bertz CT molecular complexity index is 647. The Morgan fingerprint density at radius 1 is 1.24 bits per heavy atom. The number of hydrogen-bond donors (Lipinski definition) is 1. The number of nitrogens with one attached hydrogen (secondary N) is 1. The number of carbonyl (C=O) groups is 3. The van der Waals surface area contributed by atoms with Gasteiger partial charge < -0.3 is 15.0 Å². The first kappa shape index (κ1) is 18.8. The van der Waals surface area contributed by atoms with Crippen molar-refractivity contribution < 1.29 is 19.1 Å². The second-order valence-electron chi connectivity index (χ2n) is 6.07. The number of benzene rings is 1. The number of amides is 4. The van der Waals surface area contributed by atoms with Crippen LogP contribution in [-0.2, 0) is 16.0 Å². The fraction of sp³-hybridized carbons (Fsp3) is 0.500. The highest BCUT2D eigenvalue weighted by atomic mass is 16.5. The standard InChI is InChI=1S/C18H25N3O4/c1-4-11-25-15-8-6-5-7-13(15)9-10-19-16(22)12-14-17(23)21(3)18(24)20(14)2/h5-8,14H,4,9-12H2,1-3H3,(H,19,22). The minimum absolute atomic E-state index is 0.0284. The molecular weight excluding hydrogens is 322 g/mol. The van der Waals surface area contributed by atoms with Crippen LogP contribution in [0.2, 0.25) is 0 Å². The van der Waals surface area contributed by atoms with Crippen molar-refractivity contribution in [1.29, 1.82) is 0 Å². The van der Waals surface area contributed by atoms with E-state index in [0.29, 0.717) is 19.6 Å². The molecular formula is C18H25N3O4. The molecule has 1 unspecified atom stereocenters. The number of ether oxygens (including phenoxy) is 1. The van der Waals surface area contributed by atoms with E-state index in [0.717, 1.165) is 22.6 Å². The van der Waals surface area contributed by atoms with Gasteiger partial charge in [-0.05, 0) is 24.5 Å². The van der Waals surface area contributed by atoms with Crippen LogP contribution in [0.5, 0.6) is 5.75 Å². The Labute approximate surface area is 147 Å². The van der Waals surface area contributed by atoms with E-state index < -0.39 is 6.04 Å². The summed E-state index contributed by atoms with van der Waals surface area (Å²) in [5.74, 6) is 0.234. The van der Waals surface area contributed by atoms with Crippen LogP contribution in [0.25, 0.3) is 0 Å². The zero-order valence-corrected chi connectivity index (χ0v) is 14.9. The molecule has 0 bridgehead atoms. The maximum absolute atomic E-state index is 12.1. The molecule has 1 heterocycles. The van der Waals surface area contributed by atoms with Crippen molar-refractivity contribution in [2.45, 2.75) is 32.2 Å². The summed E-state index contributed by atoms with van der Waals surface area (Å²) >= 11 is 0. The molecule has 1 aliphatic heterocycles. The Morgan fingerprint density at radius 2 is 1.96 bits per heavy atom. The summed E-state index contributed by atoms with van der Waals surface area (Å²) in [6.07, 6.45) is 1.54. The predicted molar refractivity (Wildman–Crippen MR) is 93.3 cm³/mol. The number of rotatable bonds is 8. The van der Waals surface area contributed by atoms with Gasteiger partial charge in [0.05, 0.1) is 13.0 Å². The van der Waals surface area contributed by atoms with Gasteiger partial charge in [0.25, 0.3) is 5.91 Å². The first-order valence-corrected chi connectivity index (χ1v) is 8.47. The van der Waals surface area contributed by atoms with Crippen molar-refractivity contribution in [3.63, 3.8) is 0 Å². The van der Waals surface area contributed by atoms with E-state index in [1.165, 1.54) is 19.0 Å². The molecule has 4 amide bonds. The van der Waals surface area contributed by atoms with E-state index in [9.17, 15) is 14.4 Å². The van der Waals surface area contributed by atoms with E-state index in [1.807, 2.05) is 31.2 Å². The van der Waals surface area contributed by atoms with Gasteiger partial charge in [-0.3, -0.25) is 14.5 Å². The topological polar surface area (TPSA) is 79.0 Å². The lowest BCUT2D eigenvalue weighted by Crippen LogP contribution is -2.37. The van der Waals surface area contributed by atoms with E-state index >= 15 is 0 Å². The maximum Gasteiger partial charge on any atom is 0.326 e. The van der Waals surface area contributed by atoms with Crippen molar-refractivity contribution in [2.24, 2.45) is 0 Å². The molecule has 136 valence electrons. The lowest BCUT2D eigenvalue weighted by molar-refractivity contribution is -0.131. The quantitative estimate of drug-likeness (QED) is 0.721. The summed E-state index contributed by atoms with van der Waals surface area (Å²) in [5.41, 5.74) is 1.03. The third-order valence-electron chi connectivity index (χ3n) is 4.20. The zero-order chi connectivity index (χ0) is 18.4. The monoisotopic (exact) mass is 347 g/mol. The van der Waals surface area contributed by atoms with Crippen molar-refractivity contribution in [3.8, 4) is 5.75 Å². The van der Waals surface area contributed by atoms with Crippen molar-refractivity contribution in [1.82, 2.24) is 15.1 Å². The van der Waals surface area contributed by atoms with Crippen LogP contribution in [0, 0.1) is 0 Å². The second kappa shape index (κ2) is 8.50. The molecule has 7 heteroatoms. The van der Waals surface area contributed by atoms with Gasteiger partial charge in [0.2, 0.25) is 5.91 Å². The van der Waals surface area contributed by atoms with Crippen LogP contribution in [-0.4, -0.2) is 60.9 Å². The van der Waals surface area contributed by atoms with Crippen LogP contribution >= 0.6 is 0 Å². The molecule has 1 N–H and O–H groups in total. The summed E-state index contributed by atoms with van der Waals surface area (Å²) in [5, 5.41) is 2.81. The molecule has 0 spiro atoms. The molecule has 1 saturated heterocycles. The van der Waals surface area contributed by atoms with Gasteiger partial charge in [-0.15, -0.1) is 0 Å². The Morgan fingerprint density at radius 3 is 2.60 bits per heavy atom. The predicted octanol–water partition coefficient (Wildman–Crippen LogP) is 1.42. The van der Waals surface area contributed by atoms with Crippen LogP contribution < -0.4 is 10.1 Å². The fourth-order valence-corrected chi connectivity index (χ4v) is 2.73. The molecule has 1 aliphatic rings.